The first-order valence-electron chi connectivity index (χ1n) is 11.4. The second-order valence-corrected chi connectivity index (χ2v) is 8.21. The number of nitrogens with one attached hydrogen (secondary N) is 2. The van der Waals surface area contributed by atoms with Gasteiger partial charge in [-0.25, -0.2) is 14.8 Å². The molecular formula is C26H25N5O3. The van der Waals surface area contributed by atoms with Crippen LogP contribution < -0.4 is 20.3 Å². The van der Waals surface area contributed by atoms with E-state index in [1.807, 2.05) is 60.7 Å². The number of anilines is 2. The first kappa shape index (κ1) is 21.6. The van der Waals surface area contributed by atoms with Crippen LogP contribution >= 0.6 is 0 Å². The average molecular weight is 456 g/mol. The molecule has 34 heavy (non-hydrogen) atoms. The summed E-state index contributed by atoms with van der Waals surface area (Å²) >= 11 is 0. The summed E-state index contributed by atoms with van der Waals surface area (Å²) in [5.41, 5.74) is 2.85. The molecule has 0 saturated carbocycles. The summed E-state index contributed by atoms with van der Waals surface area (Å²) < 4.78 is 5.39. The molecule has 0 bridgehead atoms. The Labute approximate surface area is 197 Å². The molecule has 1 saturated heterocycles. The number of para-hydroxylation sites is 1. The molecule has 8 nitrogen and oxygen atoms in total. The number of aromatic nitrogens is 1. The summed E-state index contributed by atoms with van der Waals surface area (Å²) in [6.07, 6.45) is 3.13. The molecule has 0 aliphatic carbocycles. The molecule has 2 aliphatic heterocycles. The van der Waals surface area contributed by atoms with Crippen molar-refractivity contribution in [2.75, 3.05) is 23.3 Å². The zero-order chi connectivity index (χ0) is 23.3. The van der Waals surface area contributed by atoms with Crippen LogP contribution in [0.25, 0.3) is 0 Å². The van der Waals surface area contributed by atoms with Gasteiger partial charge < -0.3 is 15.0 Å². The fraction of sp³-hybridized carbons (Fsp3) is 0.231. The Morgan fingerprint density at radius 1 is 0.971 bits per heavy atom. The van der Waals surface area contributed by atoms with E-state index in [0.717, 1.165) is 42.9 Å². The van der Waals surface area contributed by atoms with E-state index in [1.165, 1.54) is 12.6 Å². The number of fused-ring (bicyclic) bond motifs is 1. The van der Waals surface area contributed by atoms with Crippen LogP contribution in [0.3, 0.4) is 0 Å². The monoisotopic (exact) mass is 455 g/mol. The van der Waals surface area contributed by atoms with E-state index in [2.05, 4.69) is 25.5 Å². The van der Waals surface area contributed by atoms with Crippen molar-refractivity contribution in [2.24, 2.45) is 4.99 Å². The topological polar surface area (TPSA) is 95.9 Å². The highest BCUT2D eigenvalue weighted by molar-refractivity contribution is 6.19. The molecule has 5 rings (SSSR count). The third-order valence-corrected chi connectivity index (χ3v) is 5.86. The fourth-order valence-corrected chi connectivity index (χ4v) is 4.17. The van der Waals surface area contributed by atoms with Crippen molar-refractivity contribution < 1.29 is 14.3 Å². The van der Waals surface area contributed by atoms with Gasteiger partial charge in [0.05, 0.1) is 17.6 Å². The average Bonchev–Trinajstić information content (AvgIpc) is 3.02. The third kappa shape index (κ3) is 4.76. The number of aliphatic imine (C=N–C) groups is 1. The van der Waals surface area contributed by atoms with E-state index in [9.17, 15) is 9.59 Å². The minimum Gasteiger partial charge on any atom is -0.409 e. The molecule has 0 spiro atoms. The Bertz CT molecular complexity index is 1200. The molecule has 1 unspecified atom stereocenters. The van der Waals surface area contributed by atoms with Crippen LogP contribution in [0.4, 0.5) is 16.3 Å². The summed E-state index contributed by atoms with van der Waals surface area (Å²) in [5.74, 6) is 0.710. The highest BCUT2D eigenvalue weighted by Crippen LogP contribution is 2.24. The van der Waals surface area contributed by atoms with Crippen molar-refractivity contribution in [3.8, 4) is 5.75 Å². The summed E-state index contributed by atoms with van der Waals surface area (Å²) in [7, 11) is 0. The molecule has 2 amide bonds. The maximum absolute atomic E-state index is 12.9. The summed E-state index contributed by atoms with van der Waals surface area (Å²) in [6, 6.07) is 20.5. The Kier molecular flexibility index (Phi) is 6.20. The number of carbonyl (C=O) groups excluding carboxylic acids is 2. The lowest BCUT2D eigenvalue weighted by Gasteiger charge is -2.27. The zero-order valence-electron chi connectivity index (χ0n) is 18.6. The molecule has 1 fully saturated rings. The predicted molar refractivity (Wildman–Crippen MR) is 130 cm³/mol. The van der Waals surface area contributed by atoms with Gasteiger partial charge in [0, 0.05) is 24.2 Å². The largest absolute Gasteiger partial charge is 0.414 e. The van der Waals surface area contributed by atoms with Gasteiger partial charge in [-0.15, -0.1) is 0 Å². The molecule has 2 N–H and O–H groups in total. The molecule has 0 radical (unpaired) electrons. The number of hydrogen-bond acceptors (Lipinski definition) is 6. The number of rotatable bonds is 4. The first-order chi connectivity index (χ1) is 16.7. The van der Waals surface area contributed by atoms with Gasteiger partial charge in [0.2, 0.25) is 6.17 Å². The van der Waals surface area contributed by atoms with Gasteiger partial charge in [0.25, 0.3) is 5.91 Å². The molecular weight excluding hydrogens is 430 g/mol. The van der Waals surface area contributed by atoms with E-state index in [4.69, 9.17) is 4.74 Å². The van der Waals surface area contributed by atoms with Crippen LogP contribution in [-0.4, -0.2) is 42.0 Å². The number of piperidine rings is 1. The van der Waals surface area contributed by atoms with Crippen LogP contribution in [0.1, 0.15) is 30.4 Å². The van der Waals surface area contributed by atoms with Gasteiger partial charge >= 0.3 is 6.09 Å². The van der Waals surface area contributed by atoms with Crippen molar-refractivity contribution in [3.63, 3.8) is 0 Å². The number of carbonyl (C=O) groups is 2. The molecule has 2 aromatic carbocycles. The lowest BCUT2D eigenvalue weighted by Crippen LogP contribution is -2.43. The summed E-state index contributed by atoms with van der Waals surface area (Å²) in [4.78, 5) is 36.7. The number of amides is 2. The van der Waals surface area contributed by atoms with E-state index >= 15 is 0 Å². The van der Waals surface area contributed by atoms with Gasteiger partial charge in [-0.2, -0.15) is 0 Å². The third-order valence-electron chi connectivity index (χ3n) is 5.86. The van der Waals surface area contributed by atoms with E-state index < -0.39 is 18.2 Å². The van der Waals surface area contributed by atoms with Gasteiger partial charge in [0.1, 0.15) is 5.82 Å². The quantitative estimate of drug-likeness (QED) is 0.621. The summed E-state index contributed by atoms with van der Waals surface area (Å²) in [5, 5.41) is 5.41. The van der Waals surface area contributed by atoms with Gasteiger partial charge in [-0.05, 0) is 37.5 Å². The van der Waals surface area contributed by atoms with Crippen LogP contribution in [-0.2, 0) is 4.79 Å². The van der Waals surface area contributed by atoms with Gasteiger partial charge in [-0.3, -0.25) is 10.1 Å². The second-order valence-electron chi connectivity index (χ2n) is 8.21. The van der Waals surface area contributed by atoms with Gasteiger partial charge in [-0.1, -0.05) is 48.5 Å². The SMILES string of the molecule is O=C(NC1N=C(c2ccccc2)c2ccccc2NC1=O)Oc1ccc(N2CCCCC2)nc1. The van der Waals surface area contributed by atoms with Crippen LogP contribution in [0, 0.1) is 0 Å². The Morgan fingerprint density at radius 3 is 2.50 bits per heavy atom. The molecule has 1 atom stereocenters. The van der Waals surface area contributed by atoms with Crippen LogP contribution in [0.15, 0.2) is 77.9 Å². The molecule has 1 aromatic heterocycles. The Balaban J connectivity index is 1.33. The van der Waals surface area contributed by atoms with Crippen LogP contribution in [0.2, 0.25) is 0 Å². The maximum atomic E-state index is 12.9. The first-order valence-corrected chi connectivity index (χ1v) is 11.4. The van der Waals surface area contributed by atoms with Gasteiger partial charge in [0.15, 0.2) is 5.75 Å². The van der Waals surface area contributed by atoms with E-state index in [-0.39, 0.29) is 0 Å². The van der Waals surface area contributed by atoms with Crippen molar-refractivity contribution >= 4 is 29.2 Å². The van der Waals surface area contributed by atoms with Crippen molar-refractivity contribution in [1.82, 2.24) is 10.3 Å². The number of nitrogens with zero attached hydrogens (tertiary/aromatic N) is 3. The van der Waals surface area contributed by atoms with Crippen molar-refractivity contribution in [1.29, 1.82) is 0 Å². The molecule has 8 heteroatoms. The molecule has 172 valence electrons. The Morgan fingerprint density at radius 2 is 1.74 bits per heavy atom. The van der Waals surface area contributed by atoms with Crippen molar-refractivity contribution in [3.05, 3.63) is 84.1 Å². The van der Waals surface area contributed by atoms with Crippen LogP contribution in [0.5, 0.6) is 5.75 Å². The molecule has 3 heterocycles. The highest BCUT2D eigenvalue weighted by atomic mass is 16.6. The minimum atomic E-state index is -1.16. The standard InChI is InChI=1S/C26H25N5O3/c32-25-24(29-23(18-9-3-1-4-10-18)20-11-5-6-12-21(20)28-25)30-26(33)34-19-13-14-22(27-17-19)31-15-7-2-8-16-31/h1,3-6,9-14,17,24H,2,7-8,15-16H2,(H,28,32)(H,30,33). The number of benzene rings is 2. The number of hydrogen-bond donors (Lipinski definition) is 2. The lowest BCUT2D eigenvalue weighted by atomic mass is 10.0. The number of benzodiazepines with no additional fused rings is 1. The minimum absolute atomic E-state index is 0.294. The maximum Gasteiger partial charge on any atom is 0.414 e. The Hall–Kier alpha value is -4.20. The number of pyridine rings is 1. The predicted octanol–water partition coefficient (Wildman–Crippen LogP) is 3.98. The normalized spacial score (nSPS) is 17.6. The fourth-order valence-electron chi connectivity index (χ4n) is 4.17. The smallest absolute Gasteiger partial charge is 0.409 e. The van der Waals surface area contributed by atoms with E-state index in [0.29, 0.717) is 17.1 Å². The van der Waals surface area contributed by atoms with Crippen molar-refractivity contribution in [2.45, 2.75) is 25.4 Å². The molecule has 3 aromatic rings. The zero-order valence-corrected chi connectivity index (χ0v) is 18.6. The summed E-state index contributed by atoms with van der Waals surface area (Å²) in [6.45, 7) is 1.96. The highest BCUT2D eigenvalue weighted by Gasteiger charge is 2.27. The number of ether oxygens (including phenoxy) is 1. The molecule has 2 aliphatic rings. The van der Waals surface area contributed by atoms with E-state index in [1.54, 1.807) is 6.07 Å². The second kappa shape index (κ2) is 9.74. The lowest BCUT2D eigenvalue weighted by molar-refractivity contribution is -0.117.